The molecule has 0 unspecified atom stereocenters. The zero-order valence-corrected chi connectivity index (χ0v) is 19.8. The number of hydrogen-bond donors (Lipinski definition) is 2. The van der Waals surface area contributed by atoms with Crippen LogP contribution in [0.25, 0.3) is 0 Å². The van der Waals surface area contributed by atoms with E-state index >= 15 is 0 Å². The fourth-order valence-electron chi connectivity index (χ4n) is 3.29. The molecular formula is C21H31FIN7. The number of rotatable bonds is 8. The maximum absolute atomic E-state index is 13.3. The Hall–Kier alpha value is -2.01. The molecular weight excluding hydrogens is 496 g/mol. The molecule has 1 saturated heterocycles. The lowest BCUT2D eigenvalue weighted by molar-refractivity contribution is 0.263. The molecule has 3 rings (SSSR count). The van der Waals surface area contributed by atoms with Gasteiger partial charge in [-0.05, 0) is 37.1 Å². The van der Waals surface area contributed by atoms with Gasteiger partial charge in [0.05, 0.1) is 6.54 Å². The molecule has 0 bridgehead atoms. The third-order valence-corrected chi connectivity index (χ3v) is 4.83. The molecule has 2 aromatic rings. The summed E-state index contributed by atoms with van der Waals surface area (Å²) in [6, 6.07) is 8.56. The lowest BCUT2D eigenvalue weighted by Crippen LogP contribution is -2.47. The van der Waals surface area contributed by atoms with E-state index in [-0.39, 0.29) is 29.8 Å². The fraction of sp³-hybridized carbons (Fsp3) is 0.476. The first-order valence-corrected chi connectivity index (χ1v) is 10.3. The van der Waals surface area contributed by atoms with Gasteiger partial charge in [-0.2, -0.15) is 0 Å². The molecule has 0 amide bonds. The molecule has 9 heteroatoms. The summed E-state index contributed by atoms with van der Waals surface area (Å²) in [4.78, 5) is 18.0. The predicted molar refractivity (Wildman–Crippen MR) is 130 cm³/mol. The van der Waals surface area contributed by atoms with Crippen LogP contribution in [0, 0.1) is 5.82 Å². The minimum absolute atomic E-state index is 0. The maximum atomic E-state index is 13.3. The Morgan fingerprint density at radius 1 is 1.10 bits per heavy atom. The molecule has 30 heavy (non-hydrogen) atoms. The number of hydrogen-bond acceptors (Lipinski definition) is 5. The van der Waals surface area contributed by atoms with Gasteiger partial charge in [-0.15, -0.1) is 24.0 Å². The van der Waals surface area contributed by atoms with Gasteiger partial charge in [0.15, 0.2) is 5.96 Å². The zero-order chi connectivity index (χ0) is 20.3. The van der Waals surface area contributed by atoms with E-state index in [9.17, 15) is 4.39 Å². The van der Waals surface area contributed by atoms with Crippen molar-refractivity contribution in [2.75, 3.05) is 57.3 Å². The van der Waals surface area contributed by atoms with Gasteiger partial charge in [-0.3, -0.25) is 9.89 Å². The SMILES string of the molecule is CCNC(=NCCN1CCN(c2ncccn2)CC1)NCCc1cccc(F)c1.I. The minimum atomic E-state index is -0.193. The molecule has 2 heterocycles. The first kappa shape index (κ1) is 24.3. The Bertz CT molecular complexity index is 767. The number of aromatic nitrogens is 2. The lowest BCUT2D eigenvalue weighted by Gasteiger charge is -2.34. The Morgan fingerprint density at radius 2 is 1.87 bits per heavy atom. The van der Waals surface area contributed by atoms with E-state index in [1.807, 2.05) is 12.1 Å². The Morgan fingerprint density at radius 3 is 2.57 bits per heavy atom. The van der Waals surface area contributed by atoms with Gasteiger partial charge in [-0.1, -0.05) is 12.1 Å². The molecule has 164 valence electrons. The highest BCUT2D eigenvalue weighted by Crippen LogP contribution is 2.09. The summed E-state index contributed by atoms with van der Waals surface area (Å²) in [5.74, 6) is 1.42. The van der Waals surface area contributed by atoms with E-state index in [4.69, 9.17) is 0 Å². The van der Waals surface area contributed by atoms with E-state index in [2.05, 4.69) is 42.3 Å². The highest BCUT2D eigenvalue weighted by Gasteiger charge is 2.18. The molecule has 1 aromatic heterocycles. The van der Waals surface area contributed by atoms with Crippen LogP contribution in [-0.2, 0) is 6.42 Å². The minimum Gasteiger partial charge on any atom is -0.357 e. The Balaban J connectivity index is 0.00000320. The highest BCUT2D eigenvalue weighted by atomic mass is 127. The average Bonchev–Trinajstić information content (AvgIpc) is 2.75. The normalized spacial score (nSPS) is 14.9. The van der Waals surface area contributed by atoms with E-state index in [1.165, 1.54) is 6.07 Å². The van der Waals surface area contributed by atoms with Crippen LogP contribution < -0.4 is 15.5 Å². The van der Waals surface area contributed by atoms with E-state index in [1.54, 1.807) is 24.5 Å². The van der Waals surface area contributed by atoms with Gasteiger partial charge in [0, 0.05) is 58.2 Å². The van der Waals surface area contributed by atoms with E-state index in [0.717, 1.165) is 69.7 Å². The number of nitrogens with zero attached hydrogens (tertiary/aromatic N) is 5. The van der Waals surface area contributed by atoms with Gasteiger partial charge >= 0.3 is 0 Å². The molecule has 7 nitrogen and oxygen atoms in total. The second-order valence-corrected chi connectivity index (χ2v) is 6.94. The summed E-state index contributed by atoms with van der Waals surface area (Å²) in [6.45, 7) is 9.05. The maximum Gasteiger partial charge on any atom is 0.225 e. The van der Waals surface area contributed by atoms with Crippen LogP contribution >= 0.6 is 24.0 Å². The first-order chi connectivity index (χ1) is 14.2. The molecule has 0 aliphatic carbocycles. The van der Waals surface area contributed by atoms with Crippen LogP contribution in [-0.4, -0.2) is 73.2 Å². The van der Waals surface area contributed by atoms with Crippen LogP contribution in [0.3, 0.4) is 0 Å². The van der Waals surface area contributed by atoms with Crippen molar-refractivity contribution in [1.29, 1.82) is 0 Å². The van der Waals surface area contributed by atoms with Crippen LogP contribution in [0.5, 0.6) is 0 Å². The molecule has 0 saturated carbocycles. The predicted octanol–water partition coefficient (Wildman–Crippen LogP) is 2.15. The molecule has 0 spiro atoms. The van der Waals surface area contributed by atoms with Crippen LogP contribution in [0.2, 0.25) is 0 Å². The molecule has 1 aliphatic rings. The van der Waals surface area contributed by atoms with Crippen molar-refractivity contribution in [3.8, 4) is 0 Å². The van der Waals surface area contributed by atoms with Crippen LogP contribution in [0.1, 0.15) is 12.5 Å². The Labute approximate surface area is 195 Å². The van der Waals surface area contributed by atoms with Gasteiger partial charge in [0.1, 0.15) is 5.82 Å². The van der Waals surface area contributed by atoms with Gasteiger partial charge in [0.2, 0.25) is 5.95 Å². The molecule has 1 aromatic carbocycles. The quantitative estimate of drug-likeness (QED) is 0.312. The van der Waals surface area contributed by atoms with Crippen LogP contribution in [0.15, 0.2) is 47.7 Å². The molecule has 1 fully saturated rings. The van der Waals surface area contributed by atoms with Crippen molar-refractivity contribution >= 4 is 35.9 Å². The molecule has 0 atom stereocenters. The monoisotopic (exact) mass is 527 g/mol. The number of halogens is 2. The number of aliphatic imine (C=N–C) groups is 1. The number of guanidine groups is 1. The number of piperazine rings is 1. The van der Waals surface area contributed by atoms with Crippen molar-refractivity contribution in [2.24, 2.45) is 4.99 Å². The van der Waals surface area contributed by atoms with Crippen molar-refractivity contribution in [3.05, 3.63) is 54.1 Å². The van der Waals surface area contributed by atoms with E-state index in [0.29, 0.717) is 6.54 Å². The van der Waals surface area contributed by atoms with Crippen LogP contribution in [0.4, 0.5) is 10.3 Å². The molecule has 0 radical (unpaired) electrons. The Kier molecular flexibility index (Phi) is 10.8. The number of benzene rings is 1. The van der Waals surface area contributed by atoms with Crippen molar-refractivity contribution < 1.29 is 4.39 Å². The summed E-state index contributed by atoms with van der Waals surface area (Å²) in [7, 11) is 0. The summed E-state index contributed by atoms with van der Waals surface area (Å²) in [6.07, 6.45) is 4.33. The average molecular weight is 527 g/mol. The second-order valence-electron chi connectivity index (χ2n) is 6.94. The second kappa shape index (κ2) is 13.3. The topological polar surface area (TPSA) is 68.7 Å². The van der Waals surface area contributed by atoms with E-state index < -0.39 is 0 Å². The summed E-state index contributed by atoms with van der Waals surface area (Å²) in [5.41, 5.74) is 0.980. The van der Waals surface area contributed by atoms with Gasteiger partial charge < -0.3 is 15.5 Å². The van der Waals surface area contributed by atoms with Gasteiger partial charge in [-0.25, -0.2) is 14.4 Å². The van der Waals surface area contributed by atoms with Crippen molar-refractivity contribution in [1.82, 2.24) is 25.5 Å². The van der Waals surface area contributed by atoms with Crippen molar-refractivity contribution in [2.45, 2.75) is 13.3 Å². The largest absolute Gasteiger partial charge is 0.357 e. The fourth-order valence-corrected chi connectivity index (χ4v) is 3.29. The highest BCUT2D eigenvalue weighted by molar-refractivity contribution is 14.0. The molecule has 2 N–H and O–H groups in total. The third-order valence-electron chi connectivity index (χ3n) is 4.83. The lowest BCUT2D eigenvalue weighted by atomic mass is 10.1. The third kappa shape index (κ3) is 8.02. The summed E-state index contributed by atoms with van der Waals surface area (Å²) >= 11 is 0. The summed E-state index contributed by atoms with van der Waals surface area (Å²) < 4.78 is 13.3. The number of anilines is 1. The van der Waals surface area contributed by atoms with Gasteiger partial charge in [0.25, 0.3) is 0 Å². The zero-order valence-electron chi connectivity index (χ0n) is 17.4. The summed E-state index contributed by atoms with van der Waals surface area (Å²) in [5, 5.41) is 6.60. The standard InChI is InChI=1S/C21H30FN7.HI/c1-2-23-20(24-10-7-18-5-3-6-19(22)17-18)25-11-12-28-13-15-29(16-14-28)21-26-8-4-9-27-21;/h3-6,8-9,17H,2,7,10-16H2,1H3,(H2,23,24,25);1H. The molecule has 1 aliphatic heterocycles. The number of nitrogens with one attached hydrogen (secondary N) is 2. The smallest absolute Gasteiger partial charge is 0.225 e. The van der Waals surface area contributed by atoms with Crippen molar-refractivity contribution in [3.63, 3.8) is 0 Å². The first-order valence-electron chi connectivity index (χ1n) is 10.3.